The number of nitrogens with two attached hydrogens (primary N) is 2. The number of primary amides is 1. The van der Waals surface area contributed by atoms with Crippen LogP contribution in [0.1, 0.15) is 33.6 Å². The molecule has 2 amide bonds. The number of hydrogen-bond acceptors (Lipinski definition) is 4. The van der Waals surface area contributed by atoms with Gasteiger partial charge in [0.15, 0.2) is 6.61 Å². The van der Waals surface area contributed by atoms with Gasteiger partial charge in [-0.25, -0.2) is 5.48 Å². The van der Waals surface area contributed by atoms with Crippen molar-refractivity contribution in [3.8, 4) is 0 Å². The van der Waals surface area contributed by atoms with E-state index in [1.807, 2.05) is 13.8 Å². The van der Waals surface area contributed by atoms with Crippen molar-refractivity contribution >= 4 is 11.8 Å². The van der Waals surface area contributed by atoms with Gasteiger partial charge >= 0.3 is 0 Å². The Hall–Kier alpha value is -1.14. The number of rotatable bonds is 4. The fourth-order valence-corrected chi connectivity index (χ4v) is 2.57. The maximum atomic E-state index is 12.0. The third-order valence-corrected chi connectivity index (χ3v) is 4.21. The summed E-state index contributed by atoms with van der Waals surface area (Å²) in [5.41, 5.74) is 13.0. The van der Waals surface area contributed by atoms with E-state index in [9.17, 15) is 9.59 Å². The number of carbonyl (C=O) groups excluding carboxylic acids is 2. The van der Waals surface area contributed by atoms with E-state index in [1.54, 1.807) is 0 Å². The first-order chi connectivity index (χ1) is 8.26. The zero-order valence-electron chi connectivity index (χ0n) is 11.2. The molecule has 1 aliphatic carbocycles. The Bertz CT molecular complexity index is 331. The smallest absolute Gasteiger partial charge is 0.247 e. The highest BCUT2D eigenvalue weighted by Crippen LogP contribution is 2.44. The number of hydrogen-bond donors (Lipinski definition) is 3. The van der Waals surface area contributed by atoms with Gasteiger partial charge in [0.2, 0.25) is 11.8 Å². The van der Waals surface area contributed by atoms with E-state index in [2.05, 4.69) is 12.4 Å². The van der Waals surface area contributed by atoms with E-state index < -0.39 is 5.91 Å². The van der Waals surface area contributed by atoms with Gasteiger partial charge in [-0.1, -0.05) is 20.8 Å². The van der Waals surface area contributed by atoms with Crippen LogP contribution in [0, 0.1) is 17.3 Å². The lowest BCUT2D eigenvalue weighted by molar-refractivity contribution is -0.147. The van der Waals surface area contributed by atoms with Crippen molar-refractivity contribution < 1.29 is 14.4 Å². The molecule has 0 radical (unpaired) electrons. The second kappa shape index (κ2) is 5.67. The SMILES string of the molecule is CC1C(N)CCC(C(=O)NOCC(N)=O)C1(C)C. The lowest BCUT2D eigenvalue weighted by Gasteiger charge is -2.45. The van der Waals surface area contributed by atoms with E-state index in [-0.39, 0.29) is 35.8 Å². The second-order valence-electron chi connectivity index (χ2n) is 5.63. The summed E-state index contributed by atoms with van der Waals surface area (Å²) in [5, 5.41) is 0. The molecule has 104 valence electrons. The molecule has 0 aromatic rings. The van der Waals surface area contributed by atoms with Crippen LogP contribution in [0.4, 0.5) is 0 Å². The van der Waals surface area contributed by atoms with Crippen LogP contribution in [0.3, 0.4) is 0 Å². The first-order valence-corrected chi connectivity index (χ1v) is 6.22. The lowest BCUT2D eigenvalue weighted by Crippen LogP contribution is -2.51. The standard InChI is InChI=1S/C12H23N3O3/c1-7-9(13)5-4-8(12(7,2)3)11(17)15-18-6-10(14)16/h7-9H,4-6,13H2,1-3H3,(H2,14,16)(H,15,17). The highest BCUT2D eigenvalue weighted by atomic mass is 16.7. The topological polar surface area (TPSA) is 107 Å². The lowest BCUT2D eigenvalue weighted by atomic mass is 9.61. The van der Waals surface area contributed by atoms with Crippen LogP contribution in [0.15, 0.2) is 0 Å². The van der Waals surface area contributed by atoms with Crippen LogP contribution in [-0.4, -0.2) is 24.5 Å². The van der Waals surface area contributed by atoms with E-state index in [4.69, 9.17) is 16.3 Å². The van der Waals surface area contributed by atoms with Crippen LogP contribution >= 0.6 is 0 Å². The van der Waals surface area contributed by atoms with Gasteiger partial charge in [-0.3, -0.25) is 14.4 Å². The molecule has 0 bridgehead atoms. The molecule has 3 unspecified atom stereocenters. The number of hydroxylamine groups is 1. The molecule has 6 heteroatoms. The molecule has 0 aromatic carbocycles. The quantitative estimate of drug-likeness (QED) is 0.612. The molecule has 0 aromatic heterocycles. The van der Waals surface area contributed by atoms with Crippen LogP contribution in [0.2, 0.25) is 0 Å². The summed E-state index contributed by atoms with van der Waals surface area (Å²) in [5.74, 6) is -0.744. The van der Waals surface area contributed by atoms with Gasteiger partial charge in [0.25, 0.3) is 0 Å². The Kier molecular flexibility index (Phi) is 4.70. The van der Waals surface area contributed by atoms with Gasteiger partial charge in [0, 0.05) is 12.0 Å². The third-order valence-electron chi connectivity index (χ3n) is 4.21. The molecular formula is C12H23N3O3. The van der Waals surface area contributed by atoms with E-state index in [0.717, 1.165) is 12.8 Å². The van der Waals surface area contributed by atoms with Crippen LogP contribution < -0.4 is 16.9 Å². The van der Waals surface area contributed by atoms with E-state index >= 15 is 0 Å². The number of nitrogens with one attached hydrogen (secondary N) is 1. The number of amides is 2. The van der Waals surface area contributed by atoms with Gasteiger partial charge in [0.1, 0.15) is 0 Å². The minimum absolute atomic E-state index is 0.121. The molecule has 0 saturated heterocycles. The van der Waals surface area contributed by atoms with Crippen LogP contribution in [0.25, 0.3) is 0 Å². The Morgan fingerprint density at radius 2 is 2.00 bits per heavy atom. The zero-order valence-corrected chi connectivity index (χ0v) is 11.2. The van der Waals surface area contributed by atoms with E-state index in [1.165, 1.54) is 0 Å². The predicted molar refractivity (Wildman–Crippen MR) is 66.9 cm³/mol. The fourth-order valence-electron chi connectivity index (χ4n) is 2.57. The van der Waals surface area contributed by atoms with Gasteiger partial charge in [0.05, 0.1) is 0 Å². The highest BCUT2D eigenvalue weighted by molar-refractivity contribution is 5.79. The predicted octanol–water partition coefficient (Wildman–Crippen LogP) is -0.0809. The van der Waals surface area contributed by atoms with Crippen molar-refractivity contribution in [1.82, 2.24) is 5.48 Å². The first kappa shape index (κ1) is 14.9. The van der Waals surface area contributed by atoms with Crippen molar-refractivity contribution in [2.45, 2.75) is 39.7 Å². The average Bonchev–Trinajstić information content (AvgIpc) is 2.25. The van der Waals surface area contributed by atoms with Gasteiger partial charge in [-0.2, -0.15) is 0 Å². The molecule has 1 saturated carbocycles. The molecule has 1 rings (SSSR count). The molecular weight excluding hydrogens is 234 g/mol. The fraction of sp³-hybridized carbons (Fsp3) is 0.833. The molecule has 0 heterocycles. The maximum absolute atomic E-state index is 12.0. The maximum Gasteiger partial charge on any atom is 0.247 e. The normalized spacial score (nSPS) is 30.8. The van der Waals surface area contributed by atoms with Gasteiger partial charge in [-0.05, 0) is 24.2 Å². The average molecular weight is 257 g/mol. The second-order valence-corrected chi connectivity index (χ2v) is 5.63. The van der Waals surface area contributed by atoms with Crippen molar-refractivity contribution in [2.75, 3.05) is 6.61 Å². The van der Waals surface area contributed by atoms with Crippen molar-refractivity contribution in [3.63, 3.8) is 0 Å². The van der Waals surface area contributed by atoms with Crippen molar-refractivity contribution in [1.29, 1.82) is 0 Å². The summed E-state index contributed by atoms with van der Waals surface area (Å²) >= 11 is 0. The summed E-state index contributed by atoms with van der Waals surface area (Å²) in [6.45, 7) is 5.83. The van der Waals surface area contributed by atoms with Crippen LogP contribution in [-0.2, 0) is 14.4 Å². The highest BCUT2D eigenvalue weighted by Gasteiger charge is 2.45. The summed E-state index contributed by atoms with van der Waals surface area (Å²) < 4.78 is 0. The van der Waals surface area contributed by atoms with Gasteiger partial charge < -0.3 is 11.5 Å². The summed E-state index contributed by atoms with van der Waals surface area (Å²) in [6.07, 6.45) is 1.54. The number of carbonyl (C=O) groups is 2. The Labute approximate surface area is 107 Å². The minimum Gasteiger partial charge on any atom is -0.368 e. The minimum atomic E-state index is -0.617. The Morgan fingerprint density at radius 3 is 2.56 bits per heavy atom. The molecule has 5 N–H and O–H groups in total. The monoisotopic (exact) mass is 257 g/mol. The Balaban J connectivity index is 2.59. The van der Waals surface area contributed by atoms with Crippen LogP contribution in [0.5, 0.6) is 0 Å². The van der Waals surface area contributed by atoms with Crippen molar-refractivity contribution in [3.05, 3.63) is 0 Å². The van der Waals surface area contributed by atoms with E-state index in [0.29, 0.717) is 0 Å². The first-order valence-electron chi connectivity index (χ1n) is 6.22. The molecule has 18 heavy (non-hydrogen) atoms. The van der Waals surface area contributed by atoms with Gasteiger partial charge in [-0.15, -0.1) is 0 Å². The molecule has 1 aliphatic rings. The molecule has 0 spiro atoms. The third kappa shape index (κ3) is 3.20. The molecule has 1 fully saturated rings. The molecule has 0 aliphatic heterocycles. The summed E-state index contributed by atoms with van der Waals surface area (Å²) in [4.78, 5) is 27.3. The Morgan fingerprint density at radius 1 is 1.39 bits per heavy atom. The summed E-state index contributed by atoms with van der Waals surface area (Å²) in [6, 6.07) is 0.121. The van der Waals surface area contributed by atoms with Crippen molar-refractivity contribution in [2.24, 2.45) is 28.7 Å². The molecule has 3 atom stereocenters. The summed E-state index contributed by atoms with van der Waals surface area (Å²) in [7, 11) is 0. The molecule has 6 nitrogen and oxygen atoms in total. The largest absolute Gasteiger partial charge is 0.368 e. The zero-order chi connectivity index (χ0) is 13.9.